The first-order chi connectivity index (χ1) is 9.95. The quantitative estimate of drug-likeness (QED) is 0.369. The van der Waals surface area contributed by atoms with Gasteiger partial charge in [-0.15, -0.1) is 0 Å². The molecule has 10 nitrogen and oxygen atoms in total. The van der Waals surface area contributed by atoms with E-state index in [9.17, 15) is 15.0 Å². The van der Waals surface area contributed by atoms with Crippen LogP contribution < -0.4 is 17.1 Å². The Labute approximate surface area is 117 Å². The zero-order chi connectivity index (χ0) is 15.3. The maximum atomic E-state index is 11.9. The third-order valence-electron chi connectivity index (χ3n) is 3.61. The summed E-state index contributed by atoms with van der Waals surface area (Å²) in [5.74, 6) is 5.49. The fourth-order valence-corrected chi connectivity index (χ4v) is 2.43. The second-order valence-corrected chi connectivity index (χ2v) is 4.86. The Morgan fingerprint density at radius 1 is 1.38 bits per heavy atom. The lowest BCUT2D eigenvalue weighted by atomic mass is 10.1. The van der Waals surface area contributed by atoms with Crippen LogP contribution in [0.25, 0.3) is 11.0 Å². The summed E-state index contributed by atoms with van der Waals surface area (Å²) in [5, 5.41) is 28.9. The van der Waals surface area contributed by atoms with E-state index in [2.05, 4.69) is 4.98 Å². The topological polar surface area (TPSA) is 162 Å². The first-order valence-corrected chi connectivity index (χ1v) is 6.21. The summed E-state index contributed by atoms with van der Waals surface area (Å²) in [4.78, 5) is 15.9. The van der Waals surface area contributed by atoms with Gasteiger partial charge in [0, 0.05) is 6.07 Å². The number of pyridine rings is 1. The van der Waals surface area contributed by atoms with Crippen LogP contribution >= 0.6 is 0 Å². The molecular weight excluding hydrogens is 282 g/mol. The first kappa shape index (κ1) is 13.8. The van der Waals surface area contributed by atoms with Crippen LogP contribution in [0.4, 0.5) is 5.82 Å². The van der Waals surface area contributed by atoms with Crippen molar-refractivity contribution in [2.75, 3.05) is 18.2 Å². The highest BCUT2D eigenvalue weighted by molar-refractivity contribution is 5.77. The molecule has 0 saturated carbocycles. The van der Waals surface area contributed by atoms with Gasteiger partial charge in [0.15, 0.2) is 11.7 Å². The summed E-state index contributed by atoms with van der Waals surface area (Å²) in [6.45, 7) is -0.445. The molecule has 0 spiro atoms. The molecule has 0 radical (unpaired) electrons. The molecule has 21 heavy (non-hydrogen) atoms. The van der Waals surface area contributed by atoms with Crippen molar-refractivity contribution in [1.29, 1.82) is 0 Å². The van der Waals surface area contributed by atoms with Crippen LogP contribution in [-0.4, -0.2) is 54.5 Å². The van der Waals surface area contributed by atoms with Crippen LogP contribution in [-0.2, 0) is 4.74 Å². The lowest BCUT2D eigenvalue weighted by Gasteiger charge is -2.17. The van der Waals surface area contributed by atoms with Gasteiger partial charge in [0.1, 0.15) is 24.1 Å². The zero-order valence-corrected chi connectivity index (χ0v) is 10.8. The minimum Gasteiger partial charge on any atom is -0.394 e. The number of nitrogens with two attached hydrogens (primary N) is 2. The predicted molar refractivity (Wildman–Crippen MR) is 71.6 cm³/mol. The lowest BCUT2D eigenvalue weighted by Crippen LogP contribution is -2.33. The van der Waals surface area contributed by atoms with E-state index in [1.54, 1.807) is 0 Å². The van der Waals surface area contributed by atoms with Crippen molar-refractivity contribution in [3.8, 4) is 0 Å². The van der Waals surface area contributed by atoms with E-state index in [4.69, 9.17) is 21.4 Å². The molecule has 0 bridgehead atoms. The van der Waals surface area contributed by atoms with Crippen molar-refractivity contribution in [1.82, 2.24) is 14.2 Å². The summed E-state index contributed by atoms with van der Waals surface area (Å²) < 4.78 is 7.52. The number of imidazole rings is 1. The summed E-state index contributed by atoms with van der Waals surface area (Å²) in [6, 6.07) is 1.42. The molecule has 0 unspecified atom stereocenters. The maximum absolute atomic E-state index is 11.9. The normalized spacial score (nSPS) is 29.3. The van der Waals surface area contributed by atoms with Gasteiger partial charge in [-0.25, -0.2) is 9.66 Å². The van der Waals surface area contributed by atoms with Crippen molar-refractivity contribution < 1.29 is 20.1 Å². The van der Waals surface area contributed by atoms with Gasteiger partial charge in [-0.1, -0.05) is 0 Å². The second kappa shape index (κ2) is 4.70. The number of rotatable bonds is 2. The highest BCUT2D eigenvalue weighted by atomic mass is 16.6. The molecule has 3 heterocycles. The molecule has 114 valence electrons. The number of hydrogen-bond donors (Lipinski definition) is 5. The molecule has 1 saturated heterocycles. The zero-order valence-electron chi connectivity index (χ0n) is 10.8. The fourth-order valence-electron chi connectivity index (χ4n) is 2.43. The van der Waals surface area contributed by atoms with E-state index in [0.717, 1.165) is 4.68 Å². The van der Waals surface area contributed by atoms with Gasteiger partial charge in [0.25, 0.3) is 5.56 Å². The van der Waals surface area contributed by atoms with Gasteiger partial charge in [0.05, 0.1) is 18.5 Å². The van der Waals surface area contributed by atoms with Crippen LogP contribution in [0, 0.1) is 0 Å². The molecule has 10 heteroatoms. The molecule has 0 aliphatic carbocycles. The smallest absolute Gasteiger partial charge is 0.298 e. The molecule has 2 aromatic heterocycles. The number of aliphatic hydroxyl groups is 3. The molecule has 4 atom stereocenters. The van der Waals surface area contributed by atoms with Crippen LogP contribution in [0.5, 0.6) is 0 Å². The third-order valence-corrected chi connectivity index (χ3v) is 3.61. The summed E-state index contributed by atoms with van der Waals surface area (Å²) in [7, 11) is 0. The van der Waals surface area contributed by atoms with E-state index < -0.39 is 36.7 Å². The average molecular weight is 297 g/mol. The van der Waals surface area contributed by atoms with Crippen molar-refractivity contribution in [2.24, 2.45) is 0 Å². The molecule has 0 amide bonds. The van der Waals surface area contributed by atoms with E-state index >= 15 is 0 Å². The molecular formula is C11H15N5O5. The van der Waals surface area contributed by atoms with Gasteiger partial charge in [-0.2, -0.15) is 0 Å². The standard InChI is InChI=1S/C11H15N5O5/c12-6-1-4-7(10(20)16(6)13)14-3-15(4)11-9(19)8(18)5(2-17)21-11/h1,3,5,8-9,11,17-19H,2,12-13H2/t5-,8+,9+,11+/m0/s1. The van der Waals surface area contributed by atoms with E-state index in [1.165, 1.54) is 17.0 Å². The summed E-state index contributed by atoms with van der Waals surface area (Å²) in [5.41, 5.74) is 5.42. The highest BCUT2D eigenvalue weighted by Gasteiger charge is 2.43. The number of aromatic nitrogens is 3. The Morgan fingerprint density at radius 3 is 2.71 bits per heavy atom. The van der Waals surface area contributed by atoms with Crippen LogP contribution in [0.1, 0.15) is 6.23 Å². The van der Waals surface area contributed by atoms with E-state index in [-0.39, 0.29) is 11.3 Å². The number of fused-ring (bicyclic) bond motifs is 1. The number of ether oxygens (including phenoxy) is 1. The number of aliphatic hydroxyl groups excluding tert-OH is 3. The molecule has 3 rings (SSSR count). The van der Waals surface area contributed by atoms with Crippen LogP contribution in [0.2, 0.25) is 0 Å². The fraction of sp³-hybridized carbons (Fsp3) is 0.455. The monoisotopic (exact) mass is 297 g/mol. The second-order valence-electron chi connectivity index (χ2n) is 4.86. The molecule has 1 fully saturated rings. The predicted octanol–water partition coefficient (Wildman–Crippen LogP) is -2.89. The van der Waals surface area contributed by atoms with Crippen molar-refractivity contribution >= 4 is 16.9 Å². The molecule has 7 N–H and O–H groups in total. The Balaban J connectivity index is 2.12. The Hall–Kier alpha value is -2.14. The van der Waals surface area contributed by atoms with Gasteiger partial charge in [-0.3, -0.25) is 4.79 Å². The van der Waals surface area contributed by atoms with Gasteiger partial charge in [-0.05, 0) is 0 Å². The highest BCUT2D eigenvalue weighted by Crippen LogP contribution is 2.31. The number of anilines is 1. The van der Waals surface area contributed by atoms with Crippen molar-refractivity contribution in [3.05, 3.63) is 22.7 Å². The molecule has 1 aliphatic heterocycles. The molecule has 0 aromatic carbocycles. The Bertz CT molecular complexity index is 740. The third kappa shape index (κ3) is 1.88. The van der Waals surface area contributed by atoms with Crippen LogP contribution in [0.3, 0.4) is 0 Å². The van der Waals surface area contributed by atoms with E-state index in [0.29, 0.717) is 5.52 Å². The van der Waals surface area contributed by atoms with Crippen molar-refractivity contribution in [2.45, 2.75) is 24.5 Å². The maximum Gasteiger partial charge on any atom is 0.298 e. The molecule has 2 aromatic rings. The minimum absolute atomic E-state index is 0.0148. The Morgan fingerprint density at radius 2 is 2.10 bits per heavy atom. The first-order valence-electron chi connectivity index (χ1n) is 6.21. The average Bonchev–Trinajstić information content (AvgIpc) is 2.99. The molecule has 1 aliphatic rings. The lowest BCUT2D eigenvalue weighted by molar-refractivity contribution is -0.0508. The minimum atomic E-state index is -1.28. The summed E-state index contributed by atoms with van der Waals surface area (Å²) >= 11 is 0. The van der Waals surface area contributed by atoms with Gasteiger partial charge >= 0.3 is 0 Å². The SMILES string of the molecule is Nc1cc2c(ncn2[C@@H]2O[C@@H](CO)[C@@H](O)[C@H]2O)c(=O)n1N. The summed E-state index contributed by atoms with van der Waals surface area (Å²) in [6.07, 6.45) is -3.15. The largest absolute Gasteiger partial charge is 0.394 e. The van der Waals surface area contributed by atoms with E-state index in [1.807, 2.05) is 0 Å². The van der Waals surface area contributed by atoms with Crippen LogP contribution in [0.15, 0.2) is 17.2 Å². The van der Waals surface area contributed by atoms with Crippen molar-refractivity contribution in [3.63, 3.8) is 0 Å². The Kier molecular flexibility index (Phi) is 3.10. The number of nitrogen functional groups attached to an aromatic ring is 2. The van der Waals surface area contributed by atoms with Gasteiger partial charge < -0.3 is 36.2 Å². The number of hydrogen-bond acceptors (Lipinski definition) is 8. The number of nitrogens with zero attached hydrogens (tertiary/aromatic N) is 3. The van der Waals surface area contributed by atoms with Gasteiger partial charge in [0.2, 0.25) is 0 Å².